The van der Waals surface area contributed by atoms with Crippen molar-refractivity contribution >= 4 is 28.5 Å². The molecule has 4 rings (SSSR count). The Kier molecular flexibility index (Phi) is 10.9. The molecule has 3 N–H and O–H groups in total. The molecule has 2 amide bonds. The van der Waals surface area contributed by atoms with Crippen LogP contribution in [0.25, 0.3) is 11.0 Å². The van der Waals surface area contributed by atoms with Crippen molar-refractivity contribution in [1.82, 2.24) is 25.1 Å². The van der Waals surface area contributed by atoms with Gasteiger partial charge in [-0.3, -0.25) is 9.59 Å². The molecular formula is C31H33F7N6O3. The first-order valence-corrected chi connectivity index (χ1v) is 14.6. The van der Waals surface area contributed by atoms with Crippen LogP contribution < -0.4 is 20.7 Å². The fraction of sp³-hybridized carbons (Fsp3) is 0.452. The molecule has 0 unspecified atom stereocenters. The van der Waals surface area contributed by atoms with E-state index in [1.54, 1.807) is 11.8 Å². The van der Waals surface area contributed by atoms with Gasteiger partial charge in [-0.05, 0) is 30.5 Å². The lowest BCUT2D eigenvalue weighted by molar-refractivity contribution is -0.140. The van der Waals surface area contributed by atoms with E-state index in [1.807, 2.05) is 0 Å². The molecule has 2 atom stereocenters. The number of ether oxygens (including phenoxy) is 1. The van der Waals surface area contributed by atoms with Crippen LogP contribution in [0.1, 0.15) is 46.0 Å². The van der Waals surface area contributed by atoms with Crippen LogP contribution in [0, 0.1) is 23.6 Å². The first-order chi connectivity index (χ1) is 22.1. The largest absolute Gasteiger partial charge is 0.494 e. The molecule has 1 fully saturated rings. The second-order valence-electron chi connectivity index (χ2n) is 11.2. The van der Waals surface area contributed by atoms with Crippen LogP contribution in [0.15, 0.2) is 30.6 Å². The molecule has 2 aromatic carbocycles. The summed E-state index contributed by atoms with van der Waals surface area (Å²) in [6, 6.07) is 4.68. The molecule has 0 aliphatic carbocycles. The van der Waals surface area contributed by atoms with Gasteiger partial charge < -0.3 is 30.2 Å². The fourth-order valence-corrected chi connectivity index (χ4v) is 5.36. The molecular weight excluding hydrogens is 637 g/mol. The first-order valence-electron chi connectivity index (χ1n) is 14.6. The predicted octanol–water partition coefficient (Wildman–Crippen LogP) is 4.96. The maximum Gasteiger partial charge on any atom is 0.406 e. The Hall–Kier alpha value is -4.52. The van der Waals surface area contributed by atoms with E-state index in [2.05, 4.69) is 32.8 Å². The minimum Gasteiger partial charge on any atom is -0.494 e. The van der Waals surface area contributed by atoms with Crippen molar-refractivity contribution in [3.8, 4) is 17.6 Å². The summed E-state index contributed by atoms with van der Waals surface area (Å²) in [6.07, 6.45) is -8.41. The van der Waals surface area contributed by atoms with Crippen LogP contribution in [-0.2, 0) is 6.54 Å². The minimum absolute atomic E-state index is 0.0113. The molecule has 16 heteroatoms. The number of amides is 2. The molecule has 0 radical (unpaired) electrons. The zero-order chi connectivity index (χ0) is 34.5. The van der Waals surface area contributed by atoms with E-state index in [1.165, 1.54) is 32.4 Å². The van der Waals surface area contributed by atoms with Crippen LogP contribution in [0.2, 0.25) is 0 Å². The number of halogens is 7. The average molecular weight is 671 g/mol. The molecule has 0 saturated carbocycles. The van der Waals surface area contributed by atoms with Crippen LogP contribution in [0.5, 0.6) is 5.75 Å². The monoisotopic (exact) mass is 670 g/mol. The summed E-state index contributed by atoms with van der Waals surface area (Å²) in [5.74, 6) is 3.47. The van der Waals surface area contributed by atoms with E-state index >= 15 is 0 Å². The smallest absolute Gasteiger partial charge is 0.406 e. The molecule has 1 aromatic heterocycles. The number of rotatable bonds is 9. The third-order valence-corrected chi connectivity index (χ3v) is 7.70. The first kappa shape index (κ1) is 35.3. The maximum atomic E-state index is 14.3. The van der Waals surface area contributed by atoms with Crippen molar-refractivity contribution in [2.75, 3.05) is 45.7 Å². The lowest BCUT2D eigenvalue weighted by Crippen LogP contribution is -2.50. The number of nitrogens with zero attached hydrogens (tertiary/aromatic N) is 3. The summed E-state index contributed by atoms with van der Waals surface area (Å²) in [5, 5.41) is 8.13. The quantitative estimate of drug-likeness (QED) is 0.220. The Morgan fingerprint density at radius 2 is 1.81 bits per heavy atom. The normalized spacial score (nSPS) is 17.1. The summed E-state index contributed by atoms with van der Waals surface area (Å²) < 4.78 is 98.3. The van der Waals surface area contributed by atoms with Gasteiger partial charge in [-0.1, -0.05) is 18.8 Å². The second kappa shape index (κ2) is 14.5. The molecule has 254 valence electrons. The van der Waals surface area contributed by atoms with Crippen molar-refractivity contribution < 1.29 is 45.1 Å². The highest BCUT2D eigenvalue weighted by atomic mass is 19.4. The minimum atomic E-state index is -4.57. The fourth-order valence-electron chi connectivity index (χ4n) is 5.36. The average Bonchev–Trinajstić information content (AvgIpc) is 3.39. The second-order valence-corrected chi connectivity index (χ2v) is 11.2. The summed E-state index contributed by atoms with van der Waals surface area (Å²) in [7, 11) is 2.66. The number of imidazole rings is 1. The van der Waals surface area contributed by atoms with Gasteiger partial charge in [0.15, 0.2) is 0 Å². The Morgan fingerprint density at radius 3 is 2.45 bits per heavy atom. The van der Waals surface area contributed by atoms with Gasteiger partial charge in [-0.25, -0.2) is 9.37 Å². The third-order valence-electron chi connectivity index (χ3n) is 7.70. The van der Waals surface area contributed by atoms with Crippen molar-refractivity contribution in [2.24, 2.45) is 5.92 Å². The van der Waals surface area contributed by atoms with Gasteiger partial charge in [0.05, 0.1) is 48.7 Å². The number of anilines is 1. The van der Waals surface area contributed by atoms with Crippen molar-refractivity contribution in [2.45, 2.75) is 44.7 Å². The summed E-state index contributed by atoms with van der Waals surface area (Å²) >= 11 is 0. The number of alkyl halides is 6. The number of methoxy groups -OCH3 is 1. The van der Waals surface area contributed by atoms with Crippen LogP contribution in [0.3, 0.4) is 0 Å². The maximum absolute atomic E-state index is 14.3. The summed E-state index contributed by atoms with van der Waals surface area (Å²) in [5.41, 5.74) is 0.285. The molecule has 9 nitrogen and oxygen atoms in total. The molecule has 2 heterocycles. The van der Waals surface area contributed by atoms with Crippen LogP contribution in [-0.4, -0.2) is 85.0 Å². The van der Waals surface area contributed by atoms with Gasteiger partial charge in [0, 0.05) is 44.4 Å². The van der Waals surface area contributed by atoms with Gasteiger partial charge >= 0.3 is 12.4 Å². The Bertz CT molecular complexity index is 1680. The zero-order valence-electron chi connectivity index (χ0n) is 25.7. The van der Waals surface area contributed by atoms with E-state index in [9.17, 15) is 40.3 Å². The van der Waals surface area contributed by atoms with Crippen LogP contribution >= 0.6 is 0 Å². The van der Waals surface area contributed by atoms with Gasteiger partial charge in [0.25, 0.3) is 11.8 Å². The number of hydrogen-bond donors (Lipinski definition) is 3. The zero-order valence-corrected chi connectivity index (χ0v) is 25.7. The van der Waals surface area contributed by atoms with Gasteiger partial charge in [0.2, 0.25) is 0 Å². The number of aromatic nitrogens is 2. The number of carbonyl (C=O) groups excluding carboxylic acids is 2. The van der Waals surface area contributed by atoms with Crippen molar-refractivity contribution in [1.29, 1.82) is 0 Å². The van der Waals surface area contributed by atoms with Gasteiger partial charge in [0.1, 0.15) is 23.6 Å². The number of nitrogens with one attached hydrogen (secondary N) is 3. The van der Waals surface area contributed by atoms with E-state index < -0.39 is 42.9 Å². The third kappa shape index (κ3) is 9.28. The standard InChI is InChI=1S/C31H33F7N6O3/c1-18-15-43(10-7-30(33,34)35)9-6-23(18)42-29(46)21-11-19(12-25-27(21)41-17-44(25)16-31(36,37)38)5-4-8-40-24-13-20(28(45)39-2)22(32)14-26(24)47-3/h11-14,17-18,23,40H,6-10,15-16H2,1-3H3,(H,39,45)(H,42,46)/t18-,23-/m0/s1. The molecule has 0 spiro atoms. The molecule has 47 heavy (non-hydrogen) atoms. The Labute approximate surface area is 265 Å². The van der Waals surface area contributed by atoms with Crippen LogP contribution in [0.4, 0.5) is 36.4 Å². The molecule has 1 aliphatic heterocycles. The lowest BCUT2D eigenvalue weighted by Gasteiger charge is -2.37. The highest BCUT2D eigenvalue weighted by Crippen LogP contribution is 2.29. The summed E-state index contributed by atoms with van der Waals surface area (Å²) in [4.78, 5) is 31.3. The topological polar surface area (TPSA) is 101 Å². The number of piperidine rings is 1. The van der Waals surface area contributed by atoms with E-state index in [4.69, 9.17) is 4.74 Å². The van der Waals surface area contributed by atoms with Crippen molar-refractivity contribution in [3.05, 3.63) is 53.1 Å². The number of benzene rings is 2. The van der Waals surface area contributed by atoms with Crippen molar-refractivity contribution in [3.63, 3.8) is 0 Å². The van der Waals surface area contributed by atoms with Gasteiger partial charge in [-0.15, -0.1) is 0 Å². The lowest BCUT2D eigenvalue weighted by atomic mass is 9.93. The Balaban J connectivity index is 1.57. The van der Waals surface area contributed by atoms with E-state index in [-0.39, 0.29) is 64.2 Å². The molecule has 0 bridgehead atoms. The summed E-state index contributed by atoms with van der Waals surface area (Å²) in [6.45, 7) is 0.919. The van der Waals surface area contributed by atoms with E-state index in [0.717, 1.165) is 17.0 Å². The SMILES string of the molecule is CNC(=O)c1cc(NCC#Cc2cc(C(=O)N[C@H]3CCN(CCC(F)(F)F)C[C@@H]3C)c3ncn(CC(F)(F)F)c3c2)c(OC)cc1F. The molecule has 1 aliphatic rings. The molecule has 3 aromatic rings. The van der Waals surface area contributed by atoms with E-state index in [0.29, 0.717) is 19.5 Å². The number of carbonyl (C=O) groups is 2. The highest BCUT2D eigenvalue weighted by molar-refractivity contribution is 6.05. The highest BCUT2D eigenvalue weighted by Gasteiger charge is 2.33. The predicted molar refractivity (Wildman–Crippen MR) is 160 cm³/mol. The number of fused-ring (bicyclic) bond motifs is 1. The molecule has 1 saturated heterocycles. The number of likely N-dealkylation sites (tertiary alicyclic amines) is 1. The Morgan fingerprint density at radius 1 is 1.06 bits per heavy atom. The van der Waals surface area contributed by atoms with Gasteiger partial charge in [-0.2, -0.15) is 26.3 Å². The number of hydrogen-bond acceptors (Lipinski definition) is 6.